The van der Waals surface area contributed by atoms with E-state index in [1.54, 1.807) is 0 Å². The molecule has 1 unspecified atom stereocenters. The first kappa shape index (κ1) is 12.7. The van der Waals surface area contributed by atoms with Crippen molar-refractivity contribution in [1.82, 2.24) is 10.6 Å². The van der Waals surface area contributed by atoms with E-state index in [1.165, 1.54) is 10.9 Å². The molecule has 0 radical (unpaired) electrons. The molecule has 0 amide bonds. The normalized spacial score (nSPS) is 19.9. The molecular weight excluding hydrogens is 240 g/mol. The maximum Gasteiger partial charge on any atom is 0.134 e. The second-order valence-corrected chi connectivity index (χ2v) is 4.94. The Kier molecular flexibility index (Phi) is 4.13. The van der Waals surface area contributed by atoms with Crippen LogP contribution < -0.4 is 10.6 Å². The maximum atomic E-state index is 5.54. The summed E-state index contributed by atoms with van der Waals surface area (Å²) in [4.78, 5) is 0. The Bertz CT molecular complexity index is 518. The lowest BCUT2D eigenvalue weighted by molar-refractivity contribution is 0.0768. The zero-order chi connectivity index (χ0) is 12.9. The number of hydrogen-bond donors (Lipinski definition) is 2. The molecule has 0 bridgehead atoms. The monoisotopic (exact) mass is 260 g/mol. The van der Waals surface area contributed by atoms with Crippen molar-refractivity contribution in [2.24, 2.45) is 0 Å². The van der Waals surface area contributed by atoms with Crippen molar-refractivity contribution in [3.05, 3.63) is 36.1 Å². The molecule has 4 heteroatoms. The molecule has 1 fully saturated rings. The van der Waals surface area contributed by atoms with Crippen molar-refractivity contribution in [2.45, 2.75) is 12.5 Å². The number of rotatable bonds is 5. The maximum absolute atomic E-state index is 5.54. The minimum atomic E-state index is 0.440. The molecule has 1 aromatic heterocycles. The number of nitrogens with one attached hydrogen (secondary N) is 2. The molecule has 2 aromatic rings. The summed E-state index contributed by atoms with van der Waals surface area (Å²) < 4.78 is 11.0. The van der Waals surface area contributed by atoms with Crippen LogP contribution in [0.2, 0.25) is 0 Å². The van der Waals surface area contributed by atoms with E-state index in [2.05, 4.69) is 22.8 Å². The predicted molar refractivity (Wildman–Crippen MR) is 75.4 cm³/mol. The number of ether oxygens (including phenoxy) is 1. The lowest BCUT2D eigenvalue weighted by atomic mass is 10.1. The number of hydrogen-bond acceptors (Lipinski definition) is 4. The van der Waals surface area contributed by atoms with E-state index < -0.39 is 0 Å². The van der Waals surface area contributed by atoms with Crippen LogP contribution in [0.3, 0.4) is 0 Å². The van der Waals surface area contributed by atoms with Gasteiger partial charge < -0.3 is 19.8 Å². The Labute approximate surface area is 113 Å². The lowest BCUT2D eigenvalue weighted by Crippen LogP contribution is -2.47. The molecule has 1 aliphatic rings. The second-order valence-electron chi connectivity index (χ2n) is 4.94. The molecule has 0 aliphatic carbocycles. The smallest absolute Gasteiger partial charge is 0.134 e. The molecule has 3 rings (SSSR count). The first-order valence-electron chi connectivity index (χ1n) is 6.90. The molecule has 1 atom stereocenters. The Morgan fingerprint density at radius 1 is 1.32 bits per heavy atom. The van der Waals surface area contributed by atoms with Gasteiger partial charge in [0, 0.05) is 24.5 Å². The van der Waals surface area contributed by atoms with Gasteiger partial charge in [0.05, 0.1) is 19.5 Å². The van der Waals surface area contributed by atoms with Crippen molar-refractivity contribution in [3.8, 4) is 0 Å². The molecule has 1 saturated heterocycles. The molecule has 2 N–H and O–H groups in total. The van der Waals surface area contributed by atoms with Gasteiger partial charge in [-0.3, -0.25) is 0 Å². The van der Waals surface area contributed by atoms with Crippen molar-refractivity contribution in [1.29, 1.82) is 0 Å². The van der Waals surface area contributed by atoms with Crippen LogP contribution in [0, 0.1) is 0 Å². The molecule has 4 nitrogen and oxygen atoms in total. The van der Waals surface area contributed by atoms with Crippen LogP contribution in [0.15, 0.2) is 34.9 Å². The van der Waals surface area contributed by atoms with Crippen LogP contribution in [0.25, 0.3) is 11.0 Å². The minimum absolute atomic E-state index is 0.440. The van der Waals surface area contributed by atoms with E-state index in [9.17, 15) is 0 Å². The summed E-state index contributed by atoms with van der Waals surface area (Å²) in [5, 5.41) is 8.14. The first-order chi connectivity index (χ1) is 9.43. The van der Waals surface area contributed by atoms with Crippen LogP contribution in [0.1, 0.15) is 5.56 Å². The fourth-order valence-electron chi connectivity index (χ4n) is 2.48. The molecule has 19 heavy (non-hydrogen) atoms. The summed E-state index contributed by atoms with van der Waals surface area (Å²) in [5.41, 5.74) is 2.25. The third kappa shape index (κ3) is 3.15. The summed E-state index contributed by atoms with van der Waals surface area (Å²) in [5.74, 6) is 0. The van der Waals surface area contributed by atoms with Gasteiger partial charge in [-0.05, 0) is 24.6 Å². The summed E-state index contributed by atoms with van der Waals surface area (Å²) in [6, 6.07) is 8.62. The number of benzene rings is 1. The van der Waals surface area contributed by atoms with E-state index in [-0.39, 0.29) is 0 Å². The van der Waals surface area contributed by atoms with Crippen LogP contribution in [0.4, 0.5) is 0 Å². The van der Waals surface area contributed by atoms with Gasteiger partial charge in [-0.25, -0.2) is 0 Å². The highest BCUT2D eigenvalue weighted by molar-refractivity contribution is 5.80. The number of morpholine rings is 1. The standard InChI is InChI=1S/C15H20N2O2/c1-2-4-15-14(3-1)12(10-19-15)5-6-16-9-13-11-18-8-7-17-13/h1-4,10,13,16-17H,5-9,11H2. The zero-order valence-corrected chi connectivity index (χ0v) is 11.0. The van der Waals surface area contributed by atoms with Crippen LogP contribution >= 0.6 is 0 Å². The van der Waals surface area contributed by atoms with E-state index >= 15 is 0 Å². The molecule has 0 spiro atoms. The van der Waals surface area contributed by atoms with Gasteiger partial charge >= 0.3 is 0 Å². The van der Waals surface area contributed by atoms with Crippen LogP contribution in [0.5, 0.6) is 0 Å². The predicted octanol–water partition coefficient (Wildman–Crippen LogP) is 1.55. The number of para-hydroxylation sites is 1. The Morgan fingerprint density at radius 3 is 3.16 bits per heavy atom. The van der Waals surface area contributed by atoms with Crippen molar-refractivity contribution >= 4 is 11.0 Å². The minimum Gasteiger partial charge on any atom is -0.464 e. The molecule has 2 heterocycles. The van der Waals surface area contributed by atoms with Crippen molar-refractivity contribution in [2.75, 3.05) is 32.8 Å². The molecule has 1 aromatic carbocycles. The fourth-order valence-corrected chi connectivity index (χ4v) is 2.48. The fraction of sp³-hybridized carbons (Fsp3) is 0.467. The van der Waals surface area contributed by atoms with Gasteiger partial charge in [0.15, 0.2) is 0 Å². The van der Waals surface area contributed by atoms with Gasteiger partial charge in [0.1, 0.15) is 5.58 Å². The third-order valence-corrected chi connectivity index (χ3v) is 3.52. The zero-order valence-electron chi connectivity index (χ0n) is 11.0. The largest absolute Gasteiger partial charge is 0.464 e. The van der Waals surface area contributed by atoms with Gasteiger partial charge in [0.2, 0.25) is 0 Å². The summed E-state index contributed by atoms with van der Waals surface area (Å²) in [6.45, 7) is 4.51. The number of fused-ring (bicyclic) bond motifs is 1. The summed E-state index contributed by atoms with van der Waals surface area (Å²) in [6.07, 6.45) is 2.86. The topological polar surface area (TPSA) is 46.4 Å². The molecule has 0 saturated carbocycles. The van der Waals surface area contributed by atoms with E-state index in [4.69, 9.17) is 9.15 Å². The van der Waals surface area contributed by atoms with Gasteiger partial charge in [0.25, 0.3) is 0 Å². The average molecular weight is 260 g/mol. The Hall–Kier alpha value is -1.36. The van der Waals surface area contributed by atoms with Crippen molar-refractivity contribution < 1.29 is 9.15 Å². The number of furan rings is 1. The highest BCUT2D eigenvalue weighted by Crippen LogP contribution is 2.20. The molecular formula is C15H20N2O2. The third-order valence-electron chi connectivity index (χ3n) is 3.52. The average Bonchev–Trinajstić information content (AvgIpc) is 2.88. The Morgan fingerprint density at radius 2 is 2.26 bits per heavy atom. The quantitative estimate of drug-likeness (QED) is 0.801. The SMILES string of the molecule is c1ccc2c(CCNCC3COCCN3)coc2c1. The highest BCUT2D eigenvalue weighted by Gasteiger charge is 2.12. The molecule has 1 aliphatic heterocycles. The first-order valence-corrected chi connectivity index (χ1v) is 6.90. The van der Waals surface area contributed by atoms with Gasteiger partial charge in [-0.1, -0.05) is 18.2 Å². The van der Waals surface area contributed by atoms with E-state index in [1.807, 2.05) is 18.4 Å². The van der Waals surface area contributed by atoms with Crippen LogP contribution in [-0.4, -0.2) is 38.9 Å². The Balaban J connectivity index is 1.47. The van der Waals surface area contributed by atoms with Crippen LogP contribution in [-0.2, 0) is 11.2 Å². The molecule has 102 valence electrons. The highest BCUT2D eigenvalue weighted by atomic mass is 16.5. The lowest BCUT2D eigenvalue weighted by Gasteiger charge is -2.23. The van der Waals surface area contributed by atoms with E-state index in [0.29, 0.717) is 6.04 Å². The summed E-state index contributed by atoms with van der Waals surface area (Å²) >= 11 is 0. The second kappa shape index (κ2) is 6.19. The van der Waals surface area contributed by atoms with Gasteiger partial charge in [-0.2, -0.15) is 0 Å². The van der Waals surface area contributed by atoms with Gasteiger partial charge in [-0.15, -0.1) is 0 Å². The van der Waals surface area contributed by atoms with E-state index in [0.717, 1.165) is 44.9 Å². The summed E-state index contributed by atoms with van der Waals surface area (Å²) in [7, 11) is 0. The van der Waals surface area contributed by atoms with Crippen molar-refractivity contribution in [3.63, 3.8) is 0 Å².